The lowest BCUT2D eigenvalue weighted by molar-refractivity contribution is -0.126. The van der Waals surface area contributed by atoms with Crippen molar-refractivity contribution in [1.82, 2.24) is 15.0 Å². The lowest BCUT2D eigenvalue weighted by Crippen LogP contribution is -2.47. The maximum absolute atomic E-state index is 14.0. The molecule has 1 spiro atoms. The molecule has 0 radical (unpaired) electrons. The molecule has 2 aliphatic rings. The molecule has 0 fully saturated rings. The minimum Gasteiger partial charge on any atom is -0.311 e. The third-order valence-electron chi connectivity index (χ3n) is 6.59. The number of hydrogen-bond donors (Lipinski definition) is 1. The van der Waals surface area contributed by atoms with Gasteiger partial charge in [-0.3, -0.25) is 9.59 Å². The van der Waals surface area contributed by atoms with Gasteiger partial charge in [-0.15, -0.1) is 16.7 Å². The zero-order valence-electron chi connectivity index (χ0n) is 18.4. The summed E-state index contributed by atoms with van der Waals surface area (Å²) in [6, 6.07) is 12.5. The second-order valence-electron chi connectivity index (χ2n) is 8.60. The summed E-state index contributed by atoms with van der Waals surface area (Å²) in [5.74, 6) is 0.466. The van der Waals surface area contributed by atoms with Crippen LogP contribution in [0.25, 0.3) is 0 Å². The molecule has 0 saturated heterocycles. The quantitative estimate of drug-likeness (QED) is 0.360. The number of benzene rings is 2. The van der Waals surface area contributed by atoms with Gasteiger partial charge in [0.1, 0.15) is 11.1 Å². The maximum atomic E-state index is 14.0. The largest absolute Gasteiger partial charge is 0.311 e. The highest BCUT2D eigenvalue weighted by atomic mass is 35.5. The van der Waals surface area contributed by atoms with Crippen LogP contribution < -0.4 is 10.2 Å². The highest BCUT2D eigenvalue weighted by Gasteiger charge is 2.58. The molecule has 2 atom stereocenters. The number of nitrogens with zero attached hydrogens (tertiary/aromatic N) is 4. The van der Waals surface area contributed by atoms with Crippen LogP contribution in [0.1, 0.15) is 49.0 Å². The average molecular weight is 519 g/mol. The van der Waals surface area contributed by atoms with E-state index in [-0.39, 0.29) is 24.3 Å². The number of halogens is 3. The zero-order chi connectivity index (χ0) is 24.0. The zero-order valence-corrected chi connectivity index (χ0v) is 20.7. The maximum Gasteiger partial charge on any atom is 0.244 e. The fraction of sp³-hybridized carbons (Fsp3) is 0.333. The molecular formula is C24H22Cl3N5O2. The topological polar surface area (TPSA) is 80.1 Å². The Morgan fingerprint density at radius 3 is 2.56 bits per heavy atom. The molecule has 3 heterocycles. The number of carbonyl (C=O) groups is 2. The van der Waals surface area contributed by atoms with E-state index in [1.54, 1.807) is 33.8 Å². The summed E-state index contributed by atoms with van der Waals surface area (Å²) in [7, 11) is 0. The highest BCUT2D eigenvalue weighted by molar-refractivity contribution is 6.31. The Balaban J connectivity index is 1.64. The van der Waals surface area contributed by atoms with Crippen molar-refractivity contribution in [3.05, 3.63) is 69.3 Å². The van der Waals surface area contributed by atoms with Crippen LogP contribution in [0.4, 0.5) is 11.5 Å². The first-order valence-electron chi connectivity index (χ1n) is 11.1. The first kappa shape index (κ1) is 23.1. The summed E-state index contributed by atoms with van der Waals surface area (Å²) in [5, 5.41) is 12.9. The molecule has 176 valence electrons. The smallest absolute Gasteiger partial charge is 0.244 e. The third-order valence-corrected chi connectivity index (χ3v) is 7.34. The van der Waals surface area contributed by atoms with E-state index < -0.39 is 5.41 Å². The van der Waals surface area contributed by atoms with E-state index >= 15 is 0 Å². The second kappa shape index (κ2) is 8.87. The van der Waals surface area contributed by atoms with Gasteiger partial charge in [0.2, 0.25) is 11.8 Å². The van der Waals surface area contributed by atoms with Gasteiger partial charge in [0, 0.05) is 28.2 Å². The van der Waals surface area contributed by atoms with Crippen molar-refractivity contribution < 1.29 is 9.59 Å². The molecule has 34 heavy (non-hydrogen) atoms. The Bertz CT molecular complexity index is 1280. The standard InChI is InChI=1S/C24H22Cl3N5O2/c1-14(15-4-6-16(26)7-5-15)32-22-21(29-30-32)24(13-20(33)28-22)18-12-17(27)8-9-19(18)31(23(24)34)11-3-2-10-25/h4-9,12,14H,2-3,10-11,13H2,1H3,(H,28,33)/t14?,24-/m1/s1. The van der Waals surface area contributed by atoms with Gasteiger partial charge in [-0.05, 0) is 61.2 Å². The molecule has 0 aliphatic carbocycles. The average Bonchev–Trinajstić information content (AvgIpc) is 3.33. The van der Waals surface area contributed by atoms with E-state index in [1.807, 2.05) is 25.1 Å². The summed E-state index contributed by atoms with van der Waals surface area (Å²) < 4.78 is 1.64. The number of anilines is 2. The number of aromatic nitrogens is 3. The molecule has 0 saturated carbocycles. The molecule has 0 bridgehead atoms. The van der Waals surface area contributed by atoms with E-state index in [4.69, 9.17) is 34.8 Å². The number of fused-ring (bicyclic) bond motifs is 4. The van der Waals surface area contributed by atoms with Gasteiger partial charge in [0.05, 0.1) is 12.5 Å². The third kappa shape index (κ3) is 3.58. The van der Waals surface area contributed by atoms with Crippen LogP contribution in [-0.4, -0.2) is 39.2 Å². The number of nitrogens with one attached hydrogen (secondary N) is 1. The van der Waals surface area contributed by atoms with Crippen LogP contribution >= 0.6 is 34.8 Å². The van der Waals surface area contributed by atoms with Crippen molar-refractivity contribution in [3.8, 4) is 0 Å². The molecule has 5 rings (SSSR count). The summed E-state index contributed by atoms with van der Waals surface area (Å²) in [6.07, 6.45) is 1.46. The first-order valence-corrected chi connectivity index (χ1v) is 12.3. The lowest BCUT2D eigenvalue weighted by Gasteiger charge is -2.31. The van der Waals surface area contributed by atoms with Crippen LogP contribution in [0, 0.1) is 0 Å². The molecule has 10 heteroatoms. The van der Waals surface area contributed by atoms with Crippen molar-refractivity contribution in [1.29, 1.82) is 0 Å². The van der Waals surface area contributed by atoms with Gasteiger partial charge in [0.15, 0.2) is 5.82 Å². The fourth-order valence-electron chi connectivity index (χ4n) is 4.88. The predicted molar refractivity (Wildman–Crippen MR) is 133 cm³/mol. The van der Waals surface area contributed by atoms with Gasteiger partial charge >= 0.3 is 0 Å². The van der Waals surface area contributed by atoms with E-state index in [1.165, 1.54) is 0 Å². The Kier molecular flexibility index (Phi) is 6.04. The van der Waals surface area contributed by atoms with Crippen LogP contribution in [0.2, 0.25) is 10.0 Å². The molecule has 1 N–H and O–H groups in total. The molecule has 7 nitrogen and oxygen atoms in total. The second-order valence-corrected chi connectivity index (χ2v) is 9.85. The number of unbranched alkanes of at least 4 members (excludes halogenated alkanes) is 1. The monoisotopic (exact) mass is 517 g/mol. The normalized spacial score (nSPS) is 19.8. The Hall–Kier alpha value is -2.61. The van der Waals surface area contributed by atoms with E-state index in [0.29, 0.717) is 39.5 Å². The summed E-state index contributed by atoms with van der Waals surface area (Å²) in [4.78, 5) is 28.8. The van der Waals surface area contributed by atoms with E-state index in [2.05, 4.69) is 15.6 Å². The summed E-state index contributed by atoms with van der Waals surface area (Å²) >= 11 is 18.3. The van der Waals surface area contributed by atoms with Crippen molar-refractivity contribution in [2.75, 3.05) is 22.6 Å². The van der Waals surface area contributed by atoms with Crippen molar-refractivity contribution in [2.45, 2.75) is 37.6 Å². The highest BCUT2D eigenvalue weighted by Crippen LogP contribution is 2.52. The molecular weight excluding hydrogens is 497 g/mol. The molecule has 1 unspecified atom stereocenters. The van der Waals surface area contributed by atoms with E-state index in [0.717, 1.165) is 24.1 Å². The van der Waals surface area contributed by atoms with Crippen molar-refractivity contribution in [2.24, 2.45) is 0 Å². The van der Waals surface area contributed by atoms with Crippen molar-refractivity contribution in [3.63, 3.8) is 0 Å². The number of alkyl halides is 1. The summed E-state index contributed by atoms with van der Waals surface area (Å²) in [5.41, 5.74) is 1.51. The molecule has 1 aromatic heterocycles. The molecule has 2 amide bonds. The number of amides is 2. The number of hydrogen-bond acceptors (Lipinski definition) is 4. The van der Waals surface area contributed by atoms with Crippen LogP contribution in [0.15, 0.2) is 42.5 Å². The van der Waals surface area contributed by atoms with E-state index in [9.17, 15) is 9.59 Å². The Labute approximate surface area is 212 Å². The van der Waals surface area contributed by atoms with Crippen LogP contribution in [0.5, 0.6) is 0 Å². The van der Waals surface area contributed by atoms with Crippen LogP contribution in [-0.2, 0) is 15.0 Å². The van der Waals surface area contributed by atoms with Gasteiger partial charge in [0.25, 0.3) is 0 Å². The van der Waals surface area contributed by atoms with Crippen LogP contribution in [0.3, 0.4) is 0 Å². The van der Waals surface area contributed by atoms with Gasteiger partial charge in [-0.25, -0.2) is 4.68 Å². The SMILES string of the molecule is CC(c1ccc(Cl)cc1)n1nnc2c1NC(=O)C[C@]21C(=O)N(CCCCCl)c2ccc(Cl)cc21. The summed E-state index contributed by atoms with van der Waals surface area (Å²) in [6.45, 7) is 2.44. The Morgan fingerprint density at radius 1 is 1.09 bits per heavy atom. The molecule has 2 aliphatic heterocycles. The number of carbonyl (C=O) groups excluding carboxylic acids is 2. The van der Waals surface area contributed by atoms with Gasteiger partial charge < -0.3 is 10.2 Å². The minimum atomic E-state index is -1.28. The molecule has 3 aromatic rings. The first-order chi connectivity index (χ1) is 16.4. The number of rotatable bonds is 6. The Morgan fingerprint density at radius 2 is 1.82 bits per heavy atom. The molecule has 2 aromatic carbocycles. The van der Waals surface area contributed by atoms with Gasteiger partial charge in [-0.2, -0.15) is 0 Å². The lowest BCUT2D eigenvalue weighted by atomic mass is 9.73. The van der Waals surface area contributed by atoms with Crippen molar-refractivity contribution >= 4 is 58.1 Å². The van der Waals surface area contributed by atoms with Gasteiger partial charge in [-0.1, -0.05) is 40.5 Å². The predicted octanol–water partition coefficient (Wildman–Crippen LogP) is 5.19. The fourth-order valence-corrected chi connectivity index (χ4v) is 5.37. The minimum absolute atomic E-state index is 0.0633.